The Labute approximate surface area is 102 Å². The first kappa shape index (κ1) is 13.8. The highest BCUT2D eigenvalue weighted by Gasteiger charge is 2.19. The van der Waals surface area contributed by atoms with E-state index in [1.54, 1.807) is 0 Å². The van der Waals surface area contributed by atoms with E-state index >= 15 is 0 Å². The molecule has 0 radical (unpaired) electrons. The van der Waals surface area contributed by atoms with Crippen molar-refractivity contribution in [2.75, 3.05) is 13.7 Å². The number of carboxylic acids is 1. The number of aromatic amines is 1. The summed E-state index contributed by atoms with van der Waals surface area (Å²) in [7, 11) is 1.45. The molecule has 0 saturated heterocycles. The van der Waals surface area contributed by atoms with Crippen molar-refractivity contribution in [2.45, 2.75) is 19.0 Å². The first-order valence-electron chi connectivity index (χ1n) is 5.12. The molecule has 1 unspecified atom stereocenters. The maximum atomic E-state index is 11.4. The van der Waals surface area contributed by atoms with E-state index in [-0.39, 0.29) is 19.6 Å². The van der Waals surface area contributed by atoms with Gasteiger partial charge in [0.25, 0.3) is 0 Å². The second-order valence-electron chi connectivity index (χ2n) is 3.33. The molecule has 18 heavy (non-hydrogen) atoms. The third kappa shape index (κ3) is 4.74. The van der Waals surface area contributed by atoms with E-state index < -0.39 is 18.0 Å². The Morgan fingerprint density at radius 2 is 2.33 bits per heavy atom. The molecule has 0 aliphatic carbocycles. The predicted octanol–water partition coefficient (Wildman–Crippen LogP) is -1.51. The van der Waals surface area contributed by atoms with Crippen LogP contribution in [0.25, 0.3) is 0 Å². The molecule has 10 nitrogen and oxygen atoms in total. The van der Waals surface area contributed by atoms with Crippen molar-refractivity contribution in [3.8, 4) is 0 Å². The average molecular weight is 258 g/mol. The fraction of sp³-hybridized carbons (Fsp3) is 0.625. The van der Waals surface area contributed by atoms with Crippen LogP contribution in [0.3, 0.4) is 0 Å². The summed E-state index contributed by atoms with van der Waals surface area (Å²) >= 11 is 0. The molecule has 0 spiro atoms. The van der Waals surface area contributed by atoms with Gasteiger partial charge in [0.2, 0.25) is 0 Å². The summed E-state index contributed by atoms with van der Waals surface area (Å²) in [6.07, 6.45) is 0.182. The van der Waals surface area contributed by atoms with Crippen LogP contribution in [0.4, 0.5) is 4.79 Å². The SMILES string of the molecule is COCCC(NC(=O)NCc1nn[nH]n1)C(=O)O. The van der Waals surface area contributed by atoms with Gasteiger partial charge in [-0.05, 0) is 0 Å². The second-order valence-corrected chi connectivity index (χ2v) is 3.33. The summed E-state index contributed by atoms with van der Waals surface area (Å²) in [5, 5.41) is 26.4. The number of aromatic nitrogens is 4. The van der Waals surface area contributed by atoms with Gasteiger partial charge in [-0.1, -0.05) is 5.21 Å². The molecule has 4 N–H and O–H groups in total. The van der Waals surface area contributed by atoms with Crippen LogP contribution >= 0.6 is 0 Å². The van der Waals surface area contributed by atoms with Crippen molar-refractivity contribution in [2.24, 2.45) is 0 Å². The van der Waals surface area contributed by atoms with Crippen LogP contribution in [-0.4, -0.2) is 57.5 Å². The standard InChI is InChI=1S/C8H14N6O4/c1-18-3-2-5(7(15)16)10-8(17)9-4-6-11-13-14-12-6/h5H,2-4H2,1H3,(H,15,16)(H2,9,10,17)(H,11,12,13,14). The topological polar surface area (TPSA) is 142 Å². The number of hydrogen-bond acceptors (Lipinski definition) is 6. The predicted molar refractivity (Wildman–Crippen MR) is 57.5 cm³/mol. The molecule has 0 saturated carbocycles. The number of hydrogen-bond donors (Lipinski definition) is 4. The van der Waals surface area contributed by atoms with E-state index in [2.05, 4.69) is 31.3 Å². The van der Waals surface area contributed by atoms with Crippen molar-refractivity contribution in [3.63, 3.8) is 0 Å². The lowest BCUT2D eigenvalue weighted by molar-refractivity contribution is -0.139. The van der Waals surface area contributed by atoms with Crippen molar-refractivity contribution in [3.05, 3.63) is 5.82 Å². The Bertz CT molecular complexity index is 381. The molecule has 1 rings (SSSR count). The molecule has 2 amide bonds. The minimum absolute atomic E-state index is 0.0545. The number of nitrogens with one attached hydrogen (secondary N) is 3. The lowest BCUT2D eigenvalue weighted by Crippen LogP contribution is -2.46. The van der Waals surface area contributed by atoms with Gasteiger partial charge in [0.15, 0.2) is 5.82 Å². The van der Waals surface area contributed by atoms with E-state index in [9.17, 15) is 9.59 Å². The van der Waals surface area contributed by atoms with E-state index in [1.165, 1.54) is 7.11 Å². The lowest BCUT2D eigenvalue weighted by atomic mass is 10.2. The number of rotatable bonds is 7. The number of carbonyl (C=O) groups is 2. The first-order valence-corrected chi connectivity index (χ1v) is 5.12. The van der Waals surface area contributed by atoms with Crippen LogP contribution < -0.4 is 10.6 Å². The molecule has 0 aromatic carbocycles. The number of ether oxygens (including phenoxy) is 1. The maximum absolute atomic E-state index is 11.4. The Morgan fingerprint density at radius 3 is 2.89 bits per heavy atom. The van der Waals surface area contributed by atoms with Gasteiger partial charge >= 0.3 is 12.0 Å². The van der Waals surface area contributed by atoms with Crippen molar-refractivity contribution in [1.82, 2.24) is 31.3 Å². The summed E-state index contributed by atoms with van der Waals surface area (Å²) in [6, 6.07) is -1.63. The van der Waals surface area contributed by atoms with Gasteiger partial charge in [0.05, 0.1) is 6.54 Å². The molecule has 1 aromatic heterocycles. The summed E-state index contributed by atoms with van der Waals surface area (Å²) in [5.74, 6) is -0.823. The number of aliphatic carboxylic acids is 1. The zero-order chi connectivity index (χ0) is 13.4. The van der Waals surface area contributed by atoms with Gasteiger partial charge in [-0.25, -0.2) is 9.59 Å². The van der Waals surface area contributed by atoms with Crippen molar-refractivity contribution in [1.29, 1.82) is 0 Å². The monoisotopic (exact) mass is 258 g/mol. The third-order valence-corrected chi connectivity index (χ3v) is 2.01. The molecule has 100 valence electrons. The second kappa shape index (κ2) is 7.17. The number of methoxy groups -OCH3 is 1. The number of amides is 2. The number of carbonyl (C=O) groups excluding carboxylic acids is 1. The number of H-pyrrole nitrogens is 1. The van der Waals surface area contributed by atoms with E-state index in [0.29, 0.717) is 5.82 Å². The first-order chi connectivity index (χ1) is 8.63. The number of nitrogens with zero attached hydrogens (tertiary/aromatic N) is 3. The van der Waals surface area contributed by atoms with Crippen LogP contribution in [-0.2, 0) is 16.1 Å². The summed E-state index contributed by atoms with van der Waals surface area (Å²) in [5.41, 5.74) is 0. The van der Waals surface area contributed by atoms with Gasteiger partial charge in [0.1, 0.15) is 6.04 Å². The molecular formula is C8H14N6O4. The minimum Gasteiger partial charge on any atom is -0.480 e. The average Bonchev–Trinajstić information content (AvgIpc) is 2.84. The van der Waals surface area contributed by atoms with Gasteiger partial charge in [-0.15, -0.1) is 10.2 Å². The molecule has 1 heterocycles. The Hall–Kier alpha value is -2.23. The van der Waals surface area contributed by atoms with Gasteiger partial charge in [-0.2, -0.15) is 5.21 Å². The van der Waals surface area contributed by atoms with Crippen molar-refractivity contribution >= 4 is 12.0 Å². The Kier molecular flexibility index (Phi) is 5.51. The zero-order valence-corrected chi connectivity index (χ0v) is 9.71. The van der Waals surface area contributed by atoms with E-state index in [1.807, 2.05) is 0 Å². The van der Waals surface area contributed by atoms with Crippen LogP contribution in [0.1, 0.15) is 12.2 Å². The number of carboxylic acid groups (broad SMARTS) is 1. The largest absolute Gasteiger partial charge is 0.480 e. The highest BCUT2D eigenvalue weighted by atomic mass is 16.5. The van der Waals surface area contributed by atoms with Gasteiger partial charge in [0, 0.05) is 20.1 Å². The molecule has 0 aliphatic heterocycles. The fourth-order valence-corrected chi connectivity index (χ4v) is 1.12. The summed E-state index contributed by atoms with van der Waals surface area (Å²) in [6.45, 7) is 0.293. The zero-order valence-electron chi connectivity index (χ0n) is 9.71. The fourth-order valence-electron chi connectivity index (χ4n) is 1.12. The summed E-state index contributed by atoms with van der Waals surface area (Å²) in [4.78, 5) is 22.2. The highest BCUT2D eigenvalue weighted by molar-refractivity contribution is 5.82. The van der Waals surface area contributed by atoms with Crippen LogP contribution in [0, 0.1) is 0 Å². The van der Waals surface area contributed by atoms with Crippen LogP contribution in [0.15, 0.2) is 0 Å². The normalized spacial score (nSPS) is 11.8. The molecular weight excluding hydrogens is 244 g/mol. The molecule has 0 bridgehead atoms. The van der Waals surface area contributed by atoms with E-state index in [0.717, 1.165) is 0 Å². The van der Waals surface area contributed by atoms with Gasteiger partial charge in [-0.3, -0.25) is 0 Å². The molecule has 10 heteroatoms. The lowest BCUT2D eigenvalue weighted by Gasteiger charge is -2.14. The maximum Gasteiger partial charge on any atom is 0.326 e. The smallest absolute Gasteiger partial charge is 0.326 e. The van der Waals surface area contributed by atoms with Crippen molar-refractivity contribution < 1.29 is 19.4 Å². The van der Waals surface area contributed by atoms with Crippen LogP contribution in [0.2, 0.25) is 0 Å². The highest BCUT2D eigenvalue weighted by Crippen LogP contribution is 1.93. The molecule has 0 aliphatic rings. The molecule has 1 aromatic rings. The number of urea groups is 1. The summed E-state index contributed by atoms with van der Waals surface area (Å²) < 4.78 is 4.76. The quantitative estimate of drug-likeness (QED) is 0.465. The Balaban J connectivity index is 2.34. The van der Waals surface area contributed by atoms with E-state index in [4.69, 9.17) is 9.84 Å². The van der Waals surface area contributed by atoms with Crippen LogP contribution in [0.5, 0.6) is 0 Å². The third-order valence-electron chi connectivity index (χ3n) is 2.01. The Morgan fingerprint density at radius 1 is 1.56 bits per heavy atom. The minimum atomic E-state index is -1.12. The molecule has 1 atom stereocenters. The number of tetrazole rings is 1. The molecule has 0 fully saturated rings. The van der Waals surface area contributed by atoms with Gasteiger partial charge < -0.3 is 20.5 Å².